The molecule has 14 heavy (non-hydrogen) atoms. The first-order valence-corrected chi connectivity index (χ1v) is 4.01. The predicted molar refractivity (Wildman–Crippen MR) is 47.3 cm³/mol. The van der Waals surface area contributed by atoms with Crippen LogP contribution in [0.4, 0.5) is 4.39 Å². The molecule has 0 spiro atoms. The SMILES string of the molecule is NC(=O)c1cc(F)c2c(c1)B(O)OC2. The molecule has 0 fully saturated rings. The number of fused-ring (bicyclic) bond motifs is 1. The molecule has 0 atom stereocenters. The van der Waals surface area contributed by atoms with Gasteiger partial charge in [-0.15, -0.1) is 0 Å². The Bertz CT molecular complexity index is 410. The molecule has 0 unspecified atom stereocenters. The van der Waals surface area contributed by atoms with Crippen molar-refractivity contribution in [1.29, 1.82) is 0 Å². The van der Waals surface area contributed by atoms with E-state index in [1.54, 1.807) is 0 Å². The number of hydrogen-bond donors (Lipinski definition) is 2. The molecule has 1 amide bonds. The average molecular weight is 195 g/mol. The molecule has 0 saturated carbocycles. The van der Waals surface area contributed by atoms with E-state index < -0.39 is 18.8 Å². The van der Waals surface area contributed by atoms with Crippen molar-refractivity contribution in [3.05, 3.63) is 29.1 Å². The largest absolute Gasteiger partial charge is 0.491 e. The topological polar surface area (TPSA) is 72.6 Å². The fraction of sp³-hybridized carbons (Fsp3) is 0.125. The number of carbonyl (C=O) groups excluding carboxylic acids is 1. The van der Waals surface area contributed by atoms with E-state index in [9.17, 15) is 14.2 Å². The van der Waals surface area contributed by atoms with Crippen LogP contribution in [0.3, 0.4) is 0 Å². The van der Waals surface area contributed by atoms with Crippen molar-refractivity contribution in [3.8, 4) is 0 Å². The Labute approximate surface area is 79.6 Å². The minimum Gasteiger partial charge on any atom is -0.423 e. The number of amides is 1. The molecule has 1 aliphatic heterocycles. The highest BCUT2D eigenvalue weighted by molar-refractivity contribution is 6.61. The molecule has 1 heterocycles. The summed E-state index contributed by atoms with van der Waals surface area (Å²) in [5, 5.41) is 9.27. The maximum atomic E-state index is 13.3. The number of hydrogen-bond acceptors (Lipinski definition) is 3. The van der Waals surface area contributed by atoms with Gasteiger partial charge >= 0.3 is 7.12 Å². The van der Waals surface area contributed by atoms with Crippen molar-refractivity contribution < 1.29 is 18.9 Å². The molecule has 3 N–H and O–H groups in total. The smallest absolute Gasteiger partial charge is 0.423 e. The van der Waals surface area contributed by atoms with Crippen LogP contribution in [-0.4, -0.2) is 18.0 Å². The van der Waals surface area contributed by atoms with Crippen molar-refractivity contribution in [2.75, 3.05) is 0 Å². The van der Waals surface area contributed by atoms with Gasteiger partial charge in [-0.05, 0) is 17.6 Å². The fourth-order valence-electron chi connectivity index (χ4n) is 1.42. The first-order valence-electron chi connectivity index (χ1n) is 4.01. The first kappa shape index (κ1) is 9.17. The minimum absolute atomic E-state index is 0.0153. The van der Waals surface area contributed by atoms with Crippen LogP contribution >= 0.6 is 0 Å². The second-order valence-corrected chi connectivity index (χ2v) is 3.05. The third-order valence-corrected chi connectivity index (χ3v) is 2.17. The summed E-state index contributed by atoms with van der Waals surface area (Å²) in [6, 6.07) is 2.39. The highest BCUT2D eigenvalue weighted by Crippen LogP contribution is 2.15. The van der Waals surface area contributed by atoms with Crippen molar-refractivity contribution in [2.45, 2.75) is 6.61 Å². The first-order chi connectivity index (χ1) is 6.59. The molecule has 0 saturated heterocycles. The van der Waals surface area contributed by atoms with Crippen LogP contribution in [0.1, 0.15) is 15.9 Å². The van der Waals surface area contributed by atoms with E-state index in [1.165, 1.54) is 6.07 Å². The summed E-state index contributed by atoms with van der Waals surface area (Å²) in [4.78, 5) is 10.8. The van der Waals surface area contributed by atoms with Gasteiger partial charge in [0, 0.05) is 11.1 Å². The molecule has 1 aliphatic rings. The monoisotopic (exact) mass is 195 g/mol. The lowest BCUT2D eigenvalue weighted by molar-refractivity contribution is 0.1000. The lowest BCUT2D eigenvalue weighted by Crippen LogP contribution is -2.30. The molecule has 1 aromatic carbocycles. The Morgan fingerprint density at radius 3 is 3.00 bits per heavy atom. The maximum Gasteiger partial charge on any atom is 0.491 e. The van der Waals surface area contributed by atoms with Crippen LogP contribution in [0.2, 0.25) is 0 Å². The number of nitrogens with two attached hydrogens (primary N) is 1. The Kier molecular flexibility index (Phi) is 2.01. The summed E-state index contributed by atoms with van der Waals surface area (Å²) in [6.45, 7) is 0.0153. The molecule has 0 bridgehead atoms. The molecule has 0 radical (unpaired) electrons. The van der Waals surface area contributed by atoms with E-state index in [2.05, 4.69) is 0 Å². The Morgan fingerprint density at radius 1 is 1.64 bits per heavy atom. The summed E-state index contributed by atoms with van der Waals surface area (Å²) in [5.41, 5.74) is 5.58. The Hall–Kier alpha value is -1.40. The van der Waals surface area contributed by atoms with Gasteiger partial charge in [-0.1, -0.05) is 0 Å². The third-order valence-electron chi connectivity index (χ3n) is 2.17. The molecule has 4 nitrogen and oxygen atoms in total. The van der Waals surface area contributed by atoms with E-state index in [1.807, 2.05) is 0 Å². The molecule has 0 aromatic heterocycles. The zero-order valence-electron chi connectivity index (χ0n) is 7.16. The van der Waals surface area contributed by atoms with E-state index in [-0.39, 0.29) is 23.2 Å². The van der Waals surface area contributed by atoms with Crippen molar-refractivity contribution >= 4 is 18.5 Å². The van der Waals surface area contributed by atoms with Gasteiger partial charge in [0.15, 0.2) is 0 Å². The van der Waals surface area contributed by atoms with Crippen LogP contribution in [0, 0.1) is 5.82 Å². The zero-order valence-corrected chi connectivity index (χ0v) is 7.16. The highest BCUT2D eigenvalue weighted by atomic mass is 19.1. The van der Waals surface area contributed by atoms with Crippen molar-refractivity contribution in [3.63, 3.8) is 0 Å². The van der Waals surface area contributed by atoms with E-state index in [0.29, 0.717) is 0 Å². The van der Waals surface area contributed by atoms with Crippen LogP contribution in [-0.2, 0) is 11.3 Å². The van der Waals surface area contributed by atoms with Gasteiger partial charge in [0.05, 0.1) is 6.61 Å². The van der Waals surface area contributed by atoms with Gasteiger partial charge in [0.2, 0.25) is 5.91 Å². The molecular weight excluding hydrogens is 188 g/mol. The Balaban J connectivity index is 2.58. The van der Waals surface area contributed by atoms with Gasteiger partial charge in [-0.2, -0.15) is 0 Å². The van der Waals surface area contributed by atoms with Crippen LogP contribution < -0.4 is 11.2 Å². The van der Waals surface area contributed by atoms with Crippen LogP contribution in [0.25, 0.3) is 0 Å². The highest BCUT2D eigenvalue weighted by Gasteiger charge is 2.30. The quantitative estimate of drug-likeness (QED) is 0.572. The normalized spacial score (nSPS) is 14.3. The summed E-state index contributed by atoms with van der Waals surface area (Å²) < 4.78 is 18.1. The number of carbonyl (C=O) groups is 1. The number of primary amides is 1. The fourth-order valence-corrected chi connectivity index (χ4v) is 1.42. The molecule has 6 heteroatoms. The van der Waals surface area contributed by atoms with Gasteiger partial charge < -0.3 is 15.4 Å². The molecular formula is C8H7BFNO3. The lowest BCUT2D eigenvalue weighted by Gasteiger charge is -2.02. The number of benzene rings is 1. The van der Waals surface area contributed by atoms with Gasteiger partial charge in [-0.25, -0.2) is 4.39 Å². The van der Waals surface area contributed by atoms with Gasteiger partial charge in [0.1, 0.15) is 5.82 Å². The van der Waals surface area contributed by atoms with E-state index >= 15 is 0 Å². The summed E-state index contributed by atoms with van der Waals surface area (Å²) in [7, 11) is -1.17. The minimum atomic E-state index is -1.17. The van der Waals surface area contributed by atoms with Crippen LogP contribution in [0.5, 0.6) is 0 Å². The van der Waals surface area contributed by atoms with E-state index in [0.717, 1.165) is 6.07 Å². The lowest BCUT2D eigenvalue weighted by atomic mass is 9.78. The zero-order chi connectivity index (χ0) is 10.3. The van der Waals surface area contributed by atoms with Gasteiger partial charge in [0.25, 0.3) is 0 Å². The molecule has 2 rings (SSSR count). The average Bonchev–Trinajstić information content (AvgIpc) is 2.48. The Morgan fingerprint density at radius 2 is 2.36 bits per heavy atom. The number of halogens is 1. The van der Waals surface area contributed by atoms with Gasteiger partial charge in [-0.3, -0.25) is 4.79 Å². The summed E-state index contributed by atoms with van der Waals surface area (Å²) in [5.74, 6) is -1.31. The van der Waals surface area contributed by atoms with Crippen LogP contribution in [0.15, 0.2) is 12.1 Å². The maximum absolute atomic E-state index is 13.3. The number of rotatable bonds is 1. The van der Waals surface area contributed by atoms with E-state index in [4.69, 9.17) is 10.4 Å². The molecule has 0 aliphatic carbocycles. The third kappa shape index (κ3) is 1.28. The van der Waals surface area contributed by atoms with Crippen molar-refractivity contribution in [2.24, 2.45) is 5.73 Å². The standard InChI is InChI=1S/C8H7BFNO3/c10-7-2-4(8(11)12)1-6-5(7)3-14-9(6)13/h1-2,13H,3H2,(H2,11,12). The molecule has 1 aromatic rings. The second kappa shape index (κ2) is 3.07. The molecule has 72 valence electrons. The van der Waals surface area contributed by atoms with Crippen molar-refractivity contribution in [1.82, 2.24) is 0 Å². The summed E-state index contributed by atoms with van der Waals surface area (Å²) in [6.07, 6.45) is 0. The summed E-state index contributed by atoms with van der Waals surface area (Å²) >= 11 is 0. The second-order valence-electron chi connectivity index (χ2n) is 3.05. The predicted octanol–water partition coefficient (Wildman–Crippen LogP) is -0.858.